The second-order valence-corrected chi connectivity index (χ2v) is 7.62. The number of aryl methyl sites for hydroxylation is 1. The fourth-order valence-electron chi connectivity index (χ4n) is 2.22. The van der Waals surface area contributed by atoms with Crippen molar-refractivity contribution in [3.63, 3.8) is 0 Å². The molecule has 1 unspecified atom stereocenters. The molecule has 6 nitrogen and oxygen atoms in total. The first-order chi connectivity index (χ1) is 8.45. The Bertz CT molecular complexity index is 575. The number of nitrogens with one attached hydrogen (secondary N) is 2. The summed E-state index contributed by atoms with van der Waals surface area (Å²) in [6.45, 7) is 3.48. The van der Waals surface area contributed by atoms with Crippen LogP contribution in [0.3, 0.4) is 0 Å². The van der Waals surface area contributed by atoms with E-state index in [1.54, 1.807) is 6.92 Å². The Balaban J connectivity index is 2.23. The largest absolute Gasteiger partial charge is 0.319 e. The topological polar surface area (TPSA) is 82.3 Å². The normalized spacial score (nSPS) is 21.6. The van der Waals surface area contributed by atoms with Gasteiger partial charge in [0.05, 0.1) is 0 Å². The van der Waals surface area contributed by atoms with E-state index in [0.29, 0.717) is 24.7 Å². The average Bonchev–Trinajstić information content (AvgIpc) is 2.86. The number of sulfonamides is 1. The molecule has 8 heteroatoms. The lowest BCUT2D eigenvalue weighted by Gasteiger charge is -2.15. The van der Waals surface area contributed by atoms with E-state index in [4.69, 9.17) is 0 Å². The number of aromatic nitrogens is 1. The summed E-state index contributed by atoms with van der Waals surface area (Å²) in [4.78, 5) is 13.4. The number of nitrogens with zero attached hydrogens (tertiary/aromatic N) is 1. The molecule has 0 spiro atoms. The van der Waals surface area contributed by atoms with Gasteiger partial charge >= 0.3 is 4.87 Å². The first kappa shape index (κ1) is 13.7. The molecular formula is C10H17N3O3S2. The number of aromatic amines is 1. The number of rotatable bonds is 4. The van der Waals surface area contributed by atoms with Gasteiger partial charge in [0.2, 0.25) is 0 Å². The highest BCUT2D eigenvalue weighted by Gasteiger charge is 2.34. The van der Waals surface area contributed by atoms with Crippen LogP contribution in [0.2, 0.25) is 0 Å². The van der Waals surface area contributed by atoms with Gasteiger partial charge in [0.25, 0.3) is 10.0 Å². The maximum absolute atomic E-state index is 12.4. The summed E-state index contributed by atoms with van der Waals surface area (Å²) in [5.41, 5.74) is 0.432. The molecule has 2 rings (SSSR count). The predicted octanol–water partition coefficient (Wildman–Crippen LogP) is -0.0252. The van der Waals surface area contributed by atoms with E-state index in [0.717, 1.165) is 24.3 Å². The third kappa shape index (κ3) is 2.51. The molecule has 1 atom stereocenters. The van der Waals surface area contributed by atoms with Crippen molar-refractivity contribution >= 4 is 21.4 Å². The number of thiazole rings is 1. The van der Waals surface area contributed by atoms with Crippen LogP contribution in [0, 0.1) is 12.8 Å². The Morgan fingerprint density at radius 3 is 2.83 bits per heavy atom. The second kappa shape index (κ2) is 5.12. The second-order valence-electron chi connectivity index (χ2n) is 4.50. The summed E-state index contributed by atoms with van der Waals surface area (Å²) in [5, 5.41) is 3.06. The van der Waals surface area contributed by atoms with Crippen molar-refractivity contribution in [2.75, 3.05) is 26.7 Å². The maximum atomic E-state index is 12.4. The molecule has 102 valence electrons. The van der Waals surface area contributed by atoms with Crippen LogP contribution in [0.25, 0.3) is 0 Å². The summed E-state index contributed by atoms with van der Waals surface area (Å²) in [6, 6.07) is 0. The van der Waals surface area contributed by atoms with E-state index >= 15 is 0 Å². The van der Waals surface area contributed by atoms with Crippen molar-refractivity contribution < 1.29 is 8.42 Å². The van der Waals surface area contributed by atoms with Gasteiger partial charge < -0.3 is 10.3 Å². The van der Waals surface area contributed by atoms with Crippen molar-refractivity contribution in [3.8, 4) is 0 Å². The van der Waals surface area contributed by atoms with Gasteiger partial charge in [0.1, 0.15) is 0 Å². The highest BCUT2D eigenvalue weighted by molar-refractivity contribution is 7.91. The molecular weight excluding hydrogens is 274 g/mol. The molecule has 1 aromatic rings. The van der Waals surface area contributed by atoms with Crippen LogP contribution in [0.4, 0.5) is 0 Å². The Morgan fingerprint density at radius 2 is 2.28 bits per heavy atom. The lowest BCUT2D eigenvalue weighted by molar-refractivity contribution is 0.452. The zero-order chi connectivity index (χ0) is 13.3. The molecule has 0 aromatic carbocycles. The molecule has 0 bridgehead atoms. The minimum atomic E-state index is -3.51. The summed E-state index contributed by atoms with van der Waals surface area (Å²) in [6.07, 6.45) is 0.860. The third-order valence-corrected chi connectivity index (χ3v) is 6.54. The fourth-order valence-corrected chi connectivity index (χ4v) is 5.19. The zero-order valence-electron chi connectivity index (χ0n) is 10.4. The Morgan fingerprint density at radius 1 is 1.56 bits per heavy atom. The Labute approximate surface area is 110 Å². The molecule has 2 heterocycles. The van der Waals surface area contributed by atoms with E-state index in [1.165, 1.54) is 4.31 Å². The van der Waals surface area contributed by atoms with Crippen LogP contribution < -0.4 is 10.2 Å². The van der Waals surface area contributed by atoms with Crippen molar-refractivity contribution in [2.24, 2.45) is 5.92 Å². The third-order valence-electron chi connectivity index (χ3n) is 3.10. The molecule has 1 aliphatic heterocycles. The summed E-state index contributed by atoms with van der Waals surface area (Å²) in [5.74, 6) is 0.348. The predicted molar refractivity (Wildman–Crippen MR) is 70.5 cm³/mol. The maximum Gasteiger partial charge on any atom is 0.305 e. The van der Waals surface area contributed by atoms with Crippen molar-refractivity contribution in [3.05, 3.63) is 15.4 Å². The fraction of sp³-hybridized carbons (Fsp3) is 0.700. The highest BCUT2D eigenvalue weighted by Crippen LogP contribution is 2.26. The lowest BCUT2D eigenvalue weighted by atomic mass is 10.1. The van der Waals surface area contributed by atoms with Gasteiger partial charge in [0, 0.05) is 18.8 Å². The molecule has 0 saturated carbocycles. The molecule has 0 amide bonds. The highest BCUT2D eigenvalue weighted by atomic mass is 32.2. The van der Waals surface area contributed by atoms with Crippen LogP contribution in [0.15, 0.2) is 9.00 Å². The van der Waals surface area contributed by atoms with E-state index in [9.17, 15) is 13.2 Å². The molecule has 1 aliphatic rings. The quantitative estimate of drug-likeness (QED) is 0.816. The molecule has 0 aliphatic carbocycles. The average molecular weight is 291 g/mol. The van der Waals surface area contributed by atoms with Gasteiger partial charge in [-0.3, -0.25) is 4.79 Å². The molecule has 18 heavy (non-hydrogen) atoms. The van der Waals surface area contributed by atoms with Crippen LogP contribution in [0.1, 0.15) is 12.1 Å². The number of hydrogen-bond acceptors (Lipinski definition) is 5. The summed E-state index contributed by atoms with van der Waals surface area (Å²) >= 11 is 0.766. The monoisotopic (exact) mass is 291 g/mol. The SMILES string of the molecule is CNCC1CCN(S(=O)(=O)c2sc(=O)[nH]c2C)C1. The van der Waals surface area contributed by atoms with E-state index in [2.05, 4.69) is 10.3 Å². The molecule has 0 radical (unpaired) electrons. The van der Waals surface area contributed by atoms with Gasteiger partial charge in [-0.2, -0.15) is 4.31 Å². The molecule has 1 aromatic heterocycles. The first-order valence-electron chi connectivity index (χ1n) is 5.79. The van der Waals surface area contributed by atoms with E-state index in [-0.39, 0.29) is 9.08 Å². The lowest BCUT2D eigenvalue weighted by Crippen LogP contribution is -2.30. The van der Waals surface area contributed by atoms with Crippen LogP contribution in [-0.2, 0) is 10.0 Å². The summed E-state index contributed by atoms with van der Waals surface area (Å²) in [7, 11) is -1.65. The van der Waals surface area contributed by atoms with Gasteiger partial charge in [-0.15, -0.1) is 0 Å². The van der Waals surface area contributed by atoms with Crippen LogP contribution in [0.5, 0.6) is 0 Å². The van der Waals surface area contributed by atoms with Crippen LogP contribution >= 0.6 is 11.3 Å². The zero-order valence-corrected chi connectivity index (χ0v) is 12.0. The molecule has 1 fully saturated rings. The molecule has 2 N–H and O–H groups in total. The Kier molecular flexibility index (Phi) is 3.90. The first-order valence-corrected chi connectivity index (χ1v) is 8.05. The standard InChI is InChI=1S/C10H17N3O3S2/c1-7-9(17-10(14)12-7)18(15,16)13-4-3-8(6-13)5-11-2/h8,11H,3-6H2,1-2H3,(H,12,14). The summed E-state index contributed by atoms with van der Waals surface area (Å²) < 4.78 is 26.4. The van der Waals surface area contributed by atoms with Gasteiger partial charge in [-0.05, 0) is 32.9 Å². The van der Waals surface area contributed by atoms with Gasteiger partial charge in [0.15, 0.2) is 4.21 Å². The minimum absolute atomic E-state index is 0.151. The van der Waals surface area contributed by atoms with Crippen molar-refractivity contribution in [2.45, 2.75) is 17.6 Å². The molecule has 1 saturated heterocycles. The smallest absolute Gasteiger partial charge is 0.305 e. The van der Waals surface area contributed by atoms with E-state index in [1.807, 2.05) is 7.05 Å². The van der Waals surface area contributed by atoms with E-state index < -0.39 is 10.0 Å². The van der Waals surface area contributed by atoms with Gasteiger partial charge in [-0.25, -0.2) is 8.42 Å². The van der Waals surface area contributed by atoms with Crippen molar-refractivity contribution in [1.29, 1.82) is 0 Å². The van der Waals surface area contributed by atoms with Crippen LogP contribution in [-0.4, -0.2) is 44.4 Å². The number of hydrogen-bond donors (Lipinski definition) is 2. The van der Waals surface area contributed by atoms with Crippen molar-refractivity contribution in [1.82, 2.24) is 14.6 Å². The van der Waals surface area contributed by atoms with Gasteiger partial charge in [-0.1, -0.05) is 11.3 Å². The Hall–Kier alpha value is -0.700. The number of H-pyrrole nitrogens is 1. The minimum Gasteiger partial charge on any atom is -0.319 e.